The lowest BCUT2D eigenvalue weighted by Crippen LogP contribution is -2.25. The van der Waals surface area contributed by atoms with E-state index < -0.39 is 0 Å². The molecule has 0 bridgehead atoms. The predicted molar refractivity (Wildman–Crippen MR) is 121 cm³/mol. The highest BCUT2D eigenvalue weighted by Crippen LogP contribution is 2.44. The Morgan fingerprint density at radius 3 is 2.31 bits per heavy atom. The zero-order chi connectivity index (χ0) is 20.5. The van der Waals surface area contributed by atoms with E-state index in [9.17, 15) is 4.39 Å². The standard InChI is InChI=1S/C27H41FO/c1-3-5-6-7-21-8-10-22(11-9-21)23-12-14-24(15-13-23)25-16-17-26(27(28)19-25)20-29-18-4-2/h4,16-17,19,21-24H,2-3,5-15,18,20H2,1H3. The van der Waals surface area contributed by atoms with Crippen LogP contribution >= 0.6 is 0 Å². The first-order chi connectivity index (χ1) is 14.2. The summed E-state index contributed by atoms with van der Waals surface area (Å²) in [4.78, 5) is 0. The van der Waals surface area contributed by atoms with Crippen molar-refractivity contribution in [2.75, 3.05) is 6.61 Å². The molecule has 2 fully saturated rings. The van der Waals surface area contributed by atoms with Gasteiger partial charge in [-0.25, -0.2) is 4.39 Å². The molecule has 2 saturated carbocycles. The average Bonchev–Trinajstić information content (AvgIpc) is 2.76. The van der Waals surface area contributed by atoms with Gasteiger partial charge < -0.3 is 4.74 Å². The maximum atomic E-state index is 14.4. The molecule has 1 aromatic rings. The second-order valence-corrected chi connectivity index (χ2v) is 9.54. The van der Waals surface area contributed by atoms with Crippen LogP contribution < -0.4 is 0 Å². The Morgan fingerprint density at radius 1 is 1.00 bits per heavy atom. The summed E-state index contributed by atoms with van der Waals surface area (Å²) >= 11 is 0. The summed E-state index contributed by atoms with van der Waals surface area (Å²) in [5, 5.41) is 0. The van der Waals surface area contributed by atoms with Crippen molar-refractivity contribution in [2.45, 2.75) is 96.5 Å². The fraction of sp³-hybridized carbons (Fsp3) is 0.704. The third kappa shape index (κ3) is 6.67. The lowest BCUT2D eigenvalue weighted by Gasteiger charge is -2.38. The Morgan fingerprint density at radius 2 is 1.69 bits per heavy atom. The Labute approximate surface area is 178 Å². The summed E-state index contributed by atoms with van der Waals surface area (Å²) < 4.78 is 19.8. The van der Waals surface area contributed by atoms with E-state index in [1.165, 1.54) is 82.6 Å². The normalized spacial score (nSPS) is 27.7. The summed E-state index contributed by atoms with van der Waals surface area (Å²) in [7, 11) is 0. The fourth-order valence-electron chi connectivity index (χ4n) is 5.74. The van der Waals surface area contributed by atoms with Crippen LogP contribution in [0.2, 0.25) is 0 Å². The lowest BCUT2D eigenvalue weighted by atomic mass is 9.68. The van der Waals surface area contributed by atoms with Crippen molar-refractivity contribution in [1.82, 2.24) is 0 Å². The van der Waals surface area contributed by atoms with Gasteiger partial charge in [-0.2, -0.15) is 0 Å². The molecule has 2 aliphatic rings. The van der Waals surface area contributed by atoms with E-state index in [0.717, 1.165) is 17.8 Å². The Balaban J connectivity index is 1.42. The molecule has 3 rings (SSSR count). The Kier molecular flexibility index (Phi) is 9.24. The fourth-order valence-corrected chi connectivity index (χ4v) is 5.74. The van der Waals surface area contributed by atoms with Gasteiger partial charge in [0.1, 0.15) is 5.82 Å². The molecule has 0 saturated heterocycles. The SMILES string of the molecule is C=CCOCc1ccc(C2CCC(C3CCC(CCCCC)CC3)CC2)cc1F. The zero-order valence-corrected chi connectivity index (χ0v) is 18.5. The number of rotatable bonds is 10. The van der Waals surface area contributed by atoms with Crippen molar-refractivity contribution >= 4 is 0 Å². The highest BCUT2D eigenvalue weighted by molar-refractivity contribution is 5.27. The largest absolute Gasteiger partial charge is 0.373 e. The number of hydrogen-bond donors (Lipinski definition) is 0. The first kappa shape index (κ1) is 22.5. The van der Waals surface area contributed by atoms with Crippen molar-refractivity contribution in [3.8, 4) is 0 Å². The number of ether oxygens (including phenoxy) is 1. The van der Waals surface area contributed by atoms with Gasteiger partial charge in [0.05, 0.1) is 13.2 Å². The third-order valence-electron chi connectivity index (χ3n) is 7.59. The molecule has 1 nitrogen and oxygen atoms in total. The van der Waals surface area contributed by atoms with Gasteiger partial charge >= 0.3 is 0 Å². The Bertz CT molecular complexity index is 609. The summed E-state index contributed by atoms with van der Waals surface area (Å²) in [6.07, 6.45) is 18.3. The molecule has 0 unspecified atom stereocenters. The van der Waals surface area contributed by atoms with E-state index in [-0.39, 0.29) is 5.82 Å². The van der Waals surface area contributed by atoms with Gasteiger partial charge in [-0.1, -0.05) is 63.7 Å². The maximum absolute atomic E-state index is 14.4. The number of unbranched alkanes of at least 4 members (excludes halogenated alkanes) is 2. The maximum Gasteiger partial charge on any atom is 0.129 e. The monoisotopic (exact) mass is 400 g/mol. The van der Waals surface area contributed by atoms with Crippen molar-refractivity contribution < 1.29 is 9.13 Å². The number of hydrogen-bond acceptors (Lipinski definition) is 1. The molecule has 162 valence electrons. The molecule has 0 N–H and O–H groups in total. The van der Waals surface area contributed by atoms with Gasteiger partial charge in [-0.3, -0.25) is 0 Å². The van der Waals surface area contributed by atoms with E-state index >= 15 is 0 Å². The van der Waals surface area contributed by atoms with E-state index in [1.54, 1.807) is 12.1 Å². The molecule has 0 radical (unpaired) electrons. The average molecular weight is 401 g/mol. The molecule has 29 heavy (non-hydrogen) atoms. The first-order valence-corrected chi connectivity index (χ1v) is 12.2. The molecule has 0 atom stereocenters. The van der Waals surface area contributed by atoms with Crippen LogP contribution in [-0.4, -0.2) is 6.61 Å². The van der Waals surface area contributed by atoms with Crippen LogP contribution in [0.25, 0.3) is 0 Å². The van der Waals surface area contributed by atoms with Crippen LogP contribution in [0.4, 0.5) is 4.39 Å². The van der Waals surface area contributed by atoms with Crippen molar-refractivity contribution in [3.63, 3.8) is 0 Å². The molecular weight excluding hydrogens is 359 g/mol. The predicted octanol–water partition coefficient (Wildman–Crippen LogP) is 8.19. The van der Waals surface area contributed by atoms with Crippen LogP contribution in [0, 0.1) is 23.6 Å². The summed E-state index contributed by atoms with van der Waals surface area (Å²) in [6, 6.07) is 5.81. The van der Waals surface area contributed by atoms with Gasteiger partial charge in [0.15, 0.2) is 0 Å². The molecule has 0 amide bonds. The number of benzene rings is 1. The highest BCUT2D eigenvalue weighted by atomic mass is 19.1. The lowest BCUT2D eigenvalue weighted by molar-refractivity contribution is 0.146. The van der Waals surface area contributed by atoms with E-state index in [4.69, 9.17) is 4.74 Å². The Hall–Kier alpha value is -1.15. The molecule has 0 aromatic heterocycles. The highest BCUT2D eigenvalue weighted by Gasteiger charge is 2.31. The minimum absolute atomic E-state index is 0.116. The van der Waals surface area contributed by atoms with Gasteiger partial charge in [-0.15, -0.1) is 6.58 Å². The zero-order valence-electron chi connectivity index (χ0n) is 18.5. The van der Waals surface area contributed by atoms with Gasteiger partial charge in [0.25, 0.3) is 0 Å². The third-order valence-corrected chi connectivity index (χ3v) is 7.59. The molecule has 2 heteroatoms. The number of halogens is 1. The van der Waals surface area contributed by atoms with E-state index in [1.807, 2.05) is 6.07 Å². The minimum atomic E-state index is -0.116. The van der Waals surface area contributed by atoms with Crippen molar-refractivity contribution in [2.24, 2.45) is 17.8 Å². The van der Waals surface area contributed by atoms with Crippen LogP contribution in [0.15, 0.2) is 30.9 Å². The van der Waals surface area contributed by atoms with Crippen LogP contribution in [0.3, 0.4) is 0 Å². The van der Waals surface area contributed by atoms with E-state index in [0.29, 0.717) is 24.7 Å². The summed E-state index contributed by atoms with van der Waals surface area (Å²) in [5.41, 5.74) is 1.84. The molecular formula is C27H41FO. The van der Waals surface area contributed by atoms with Gasteiger partial charge in [0.2, 0.25) is 0 Å². The minimum Gasteiger partial charge on any atom is -0.373 e. The quantitative estimate of drug-likeness (QED) is 0.284. The smallest absolute Gasteiger partial charge is 0.129 e. The van der Waals surface area contributed by atoms with Crippen molar-refractivity contribution in [1.29, 1.82) is 0 Å². The second kappa shape index (κ2) is 11.9. The van der Waals surface area contributed by atoms with Gasteiger partial charge in [0, 0.05) is 5.56 Å². The topological polar surface area (TPSA) is 9.23 Å². The van der Waals surface area contributed by atoms with Crippen LogP contribution in [0.5, 0.6) is 0 Å². The van der Waals surface area contributed by atoms with Crippen LogP contribution in [-0.2, 0) is 11.3 Å². The van der Waals surface area contributed by atoms with Crippen molar-refractivity contribution in [3.05, 3.63) is 47.8 Å². The molecule has 0 spiro atoms. The molecule has 1 aromatic carbocycles. The van der Waals surface area contributed by atoms with E-state index in [2.05, 4.69) is 19.6 Å². The second-order valence-electron chi connectivity index (χ2n) is 9.54. The van der Waals surface area contributed by atoms with Crippen LogP contribution in [0.1, 0.15) is 101 Å². The first-order valence-electron chi connectivity index (χ1n) is 12.2. The van der Waals surface area contributed by atoms with Gasteiger partial charge in [-0.05, 0) is 73.8 Å². The molecule has 0 heterocycles. The molecule has 2 aliphatic carbocycles. The summed E-state index contributed by atoms with van der Waals surface area (Å²) in [5.74, 6) is 3.30. The summed E-state index contributed by atoms with van der Waals surface area (Å²) in [6.45, 7) is 6.72. The molecule has 0 aliphatic heterocycles.